The van der Waals surface area contributed by atoms with Crippen molar-refractivity contribution >= 4 is 20.5 Å². The first kappa shape index (κ1) is 16.1. The number of H-pyrrole nitrogens is 1. The highest BCUT2D eigenvalue weighted by Gasteiger charge is 2.16. The Bertz CT molecular complexity index is 864. The van der Waals surface area contributed by atoms with Gasteiger partial charge in [-0.3, -0.25) is 0 Å². The fraction of sp³-hybridized carbons (Fsp3) is 0.125. The molecule has 0 saturated heterocycles. The van der Waals surface area contributed by atoms with E-state index in [-0.39, 0.29) is 0 Å². The molecule has 0 aliphatic carbocycles. The van der Waals surface area contributed by atoms with E-state index in [0.717, 1.165) is 22.0 Å². The lowest BCUT2D eigenvalue weighted by atomic mass is 10.0. The molecular weight excluding hydrogens is 327 g/mol. The fourth-order valence-electron chi connectivity index (χ4n) is 2.37. The average molecular weight is 342 g/mol. The zero-order valence-electron chi connectivity index (χ0n) is 13.1. The Morgan fingerprint density at radius 3 is 2.42 bits per heavy atom. The van der Waals surface area contributed by atoms with Crippen LogP contribution in [0.4, 0.5) is 0 Å². The third-order valence-electron chi connectivity index (χ3n) is 3.58. The SMILES string of the molecule is COC(=O)c1cc(-c2ccc(-c3nn[nH]n3)cc2)c(P)cc1OC. The van der Waals surface area contributed by atoms with Crippen LogP contribution in [0.2, 0.25) is 0 Å². The van der Waals surface area contributed by atoms with Crippen LogP contribution in [0, 0.1) is 0 Å². The van der Waals surface area contributed by atoms with Crippen molar-refractivity contribution < 1.29 is 14.3 Å². The van der Waals surface area contributed by atoms with E-state index >= 15 is 0 Å². The largest absolute Gasteiger partial charge is 0.496 e. The fourth-order valence-corrected chi connectivity index (χ4v) is 2.77. The Labute approximate surface area is 140 Å². The molecule has 0 aliphatic heterocycles. The van der Waals surface area contributed by atoms with Crippen LogP contribution in [-0.2, 0) is 4.74 Å². The van der Waals surface area contributed by atoms with E-state index in [1.54, 1.807) is 12.1 Å². The number of ether oxygens (including phenoxy) is 2. The summed E-state index contributed by atoms with van der Waals surface area (Å²) in [6.45, 7) is 0. The molecule has 0 aliphatic rings. The summed E-state index contributed by atoms with van der Waals surface area (Å²) in [6, 6.07) is 11.2. The van der Waals surface area contributed by atoms with Gasteiger partial charge in [0.15, 0.2) is 0 Å². The first-order valence-electron chi connectivity index (χ1n) is 7.04. The summed E-state index contributed by atoms with van der Waals surface area (Å²) >= 11 is 0. The van der Waals surface area contributed by atoms with Gasteiger partial charge in [-0.15, -0.1) is 19.4 Å². The average Bonchev–Trinajstić information content (AvgIpc) is 3.15. The predicted octanol–water partition coefficient (Wildman–Crippen LogP) is 1.83. The van der Waals surface area contributed by atoms with Crippen molar-refractivity contribution in [2.75, 3.05) is 14.2 Å². The topological polar surface area (TPSA) is 90.0 Å². The van der Waals surface area contributed by atoms with E-state index in [4.69, 9.17) is 9.47 Å². The Morgan fingerprint density at radius 1 is 1.12 bits per heavy atom. The van der Waals surface area contributed by atoms with E-state index in [1.807, 2.05) is 24.3 Å². The van der Waals surface area contributed by atoms with Gasteiger partial charge in [0, 0.05) is 5.56 Å². The maximum Gasteiger partial charge on any atom is 0.341 e. The van der Waals surface area contributed by atoms with Crippen molar-refractivity contribution in [3.05, 3.63) is 42.0 Å². The van der Waals surface area contributed by atoms with Crippen molar-refractivity contribution in [2.45, 2.75) is 0 Å². The number of carbonyl (C=O) groups excluding carboxylic acids is 1. The second-order valence-corrected chi connectivity index (χ2v) is 5.57. The lowest BCUT2D eigenvalue weighted by Crippen LogP contribution is -2.08. The monoisotopic (exact) mass is 342 g/mol. The van der Waals surface area contributed by atoms with E-state index in [0.29, 0.717) is 17.1 Å². The van der Waals surface area contributed by atoms with E-state index in [2.05, 4.69) is 29.9 Å². The zero-order valence-corrected chi connectivity index (χ0v) is 14.3. The molecule has 1 unspecified atom stereocenters. The molecule has 0 amide bonds. The molecule has 8 heteroatoms. The number of methoxy groups -OCH3 is 2. The smallest absolute Gasteiger partial charge is 0.341 e. The summed E-state index contributed by atoms with van der Waals surface area (Å²) in [6.07, 6.45) is 0. The van der Waals surface area contributed by atoms with Crippen molar-refractivity contribution in [3.8, 4) is 28.3 Å². The summed E-state index contributed by atoms with van der Waals surface area (Å²) in [7, 11) is 5.52. The van der Waals surface area contributed by atoms with Crippen LogP contribution in [-0.4, -0.2) is 40.8 Å². The van der Waals surface area contributed by atoms with Gasteiger partial charge in [0.2, 0.25) is 5.82 Å². The Morgan fingerprint density at radius 2 is 1.83 bits per heavy atom. The minimum atomic E-state index is -0.443. The first-order chi connectivity index (χ1) is 11.6. The number of nitrogens with zero attached hydrogens (tertiary/aromatic N) is 3. The van der Waals surface area contributed by atoms with Crippen LogP contribution >= 0.6 is 9.24 Å². The first-order valence-corrected chi connectivity index (χ1v) is 7.62. The highest BCUT2D eigenvalue weighted by atomic mass is 31.0. The quantitative estimate of drug-likeness (QED) is 0.575. The standard InChI is InChI=1S/C16H15N4O3P/c1-22-13-8-14(24)11(7-12(13)16(21)23-2)9-3-5-10(6-4-9)15-17-19-20-18-15/h3-8H,24H2,1-2H3,(H,17,18,19,20). The highest BCUT2D eigenvalue weighted by molar-refractivity contribution is 7.28. The molecule has 2 aromatic carbocycles. The van der Waals surface area contributed by atoms with Crippen LogP contribution in [0.25, 0.3) is 22.5 Å². The van der Waals surface area contributed by atoms with E-state index < -0.39 is 5.97 Å². The van der Waals surface area contributed by atoms with Gasteiger partial charge in [0.1, 0.15) is 11.3 Å². The van der Waals surface area contributed by atoms with Crippen molar-refractivity contribution in [1.29, 1.82) is 0 Å². The number of rotatable bonds is 4. The van der Waals surface area contributed by atoms with Crippen molar-refractivity contribution in [2.24, 2.45) is 0 Å². The molecule has 122 valence electrons. The highest BCUT2D eigenvalue weighted by Crippen LogP contribution is 2.28. The van der Waals surface area contributed by atoms with Gasteiger partial charge in [-0.2, -0.15) is 5.21 Å². The minimum absolute atomic E-state index is 0.378. The molecule has 0 fully saturated rings. The lowest BCUT2D eigenvalue weighted by Gasteiger charge is -2.13. The Hall–Kier alpha value is -2.79. The van der Waals surface area contributed by atoms with Gasteiger partial charge < -0.3 is 9.47 Å². The molecule has 3 aromatic rings. The molecule has 3 rings (SSSR count). The Kier molecular flexibility index (Phi) is 4.53. The molecule has 1 heterocycles. The van der Waals surface area contributed by atoms with Crippen LogP contribution in [0.5, 0.6) is 5.75 Å². The Balaban J connectivity index is 2.04. The van der Waals surface area contributed by atoms with Crippen LogP contribution in [0.3, 0.4) is 0 Å². The lowest BCUT2D eigenvalue weighted by molar-refractivity contribution is 0.0597. The molecule has 7 nitrogen and oxygen atoms in total. The molecule has 0 saturated carbocycles. The maximum absolute atomic E-state index is 12.0. The van der Waals surface area contributed by atoms with Gasteiger partial charge >= 0.3 is 5.97 Å². The molecule has 1 N–H and O–H groups in total. The molecule has 1 aromatic heterocycles. The maximum atomic E-state index is 12.0. The van der Waals surface area contributed by atoms with Crippen molar-refractivity contribution in [1.82, 2.24) is 20.6 Å². The summed E-state index contributed by atoms with van der Waals surface area (Å²) < 4.78 is 10.1. The number of tetrazole rings is 1. The summed E-state index contributed by atoms with van der Waals surface area (Å²) in [5.41, 5.74) is 3.06. The van der Waals surface area contributed by atoms with Gasteiger partial charge in [0.05, 0.1) is 14.2 Å². The number of aromatic nitrogens is 4. The van der Waals surface area contributed by atoms with Gasteiger partial charge in [-0.1, -0.05) is 24.3 Å². The van der Waals surface area contributed by atoms with Gasteiger partial charge in [-0.05, 0) is 33.8 Å². The van der Waals surface area contributed by atoms with Crippen LogP contribution in [0.15, 0.2) is 36.4 Å². The molecule has 24 heavy (non-hydrogen) atoms. The van der Waals surface area contributed by atoms with Gasteiger partial charge in [-0.25, -0.2) is 4.79 Å². The van der Waals surface area contributed by atoms with Crippen LogP contribution < -0.4 is 10.0 Å². The van der Waals surface area contributed by atoms with E-state index in [1.165, 1.54) is 14.2 Å². The number of nitrogens with one attached hydrogen (secondary N) is 1. The van der Waals surface area contributed by atoms with Crippen LogP contribution in [0.1, 0.15) is 10.4 Å². The summed E-state index contributed by atoms with van der Waals surface area (Å²) in [4.78, 5) is 12.0. The molecule has 0 bridgehead atoms. The number of aromatic amines is 1. The number of carbonyl (C=O) groups is 1. The third kappa shape index (κ3) is 2.98. The minimum Gasteiger partial charge on any atom is -0.496 e. The molecule has 0 radical (unpaired) electrons. The van der Waals surface area contributed by atoms with E-state index in [9.17, 15) is 4.79 Å². The number of benzene rings is 2. The molecule has 0 spiro atoms. The number of esters is 1. The summed E-state index contributed by atoms with van der Waals surface area (Å²) in [5, 5.41) is 14.8. The zero-order chi connectivity index (χ0) is 17.1. The number of hydrogen-bond donors (Lipinski definition) is 1. The van der Waals surface area contributed by atoms with Crippen molar-refractivity contribution in [3.63, 3.8) is 0 Å². The van der Waals surface area contributed by atoms with Gasteiger partial charge in [0.25, 0.3) is 0 Å². The second-order valence-electron chi connectivity index (χ2n) is 4.94. The predicted molar refractivity (Wildman–Crippen MR) is 92.3 cm³/mol. The third-order valence-corrected chi connectivity index (χ3v) is 4.05. The normalized spacial score (nSPS) is 10.5. The molecule has 1 atom stereocenters. The second kappa shape index (κ2) is 6.76. The summed E-state index contributed by atoms with van der Waals surface area (Å²) in [5.74, 6) is 0.554. The number of hydrogen-bond acceptors (Lipinski definition) is 6. The molecular formula is C16H15N4O3P.